The van der Waals surface area contributed by atoms with Crippen LogP contribution >= 0.6 is 12.4 Å². The van der Waals surface area contributed by atoms with Crippen LogP contribution in [-0.2, 0) is 16.0 Å². The molecule has 6 heteroatoms. The van der Waals surface area contributed by atoms with E-state index in [1.165, 1.54) is 5.56 Å². The highest BCUT2D eigenvalue weighted by molar-refractivity contribution is 5.85. The predicted octanol–water partition coefficient (Wildman–Crippen LogP) is 2.35. The van der Waals surface area contributed by atoms with Crippen LogP contribution in [-0.4, -0.2) is 30.4 Å². The maximum Gasteiger partial charge on any atom is 0.239 e. The highest BCUT2D eigenvalue weighted by Gasteiger charge is 2.25. The topological polar surface area (TPSA) is 84.2 Å². The molecule has 1 atom stereocenters. The molecule has 25 heavy (non-hydrogen) atoms. The minimum atomic E-state index is -0.433. The van der Waals surface area contributed by atoms with E-state index < -0.39 is 5.54 Å². The molecule has 0 radical (unpaired) electrons. The molecule has 0 heterocycles. The van der Waals surface area contributed by atoms with Gasteiger partial charge in [-0.05, 0) is 38.2 Å². The summed E-state index contributed by atoms with van der Waals surface area (Å²) in [7, 11) is 0. The van der Waals surface area contributed by atoms with Gasteiger partial charge in [0, 0.05) is 18.5 Å². The van der Waals surface area contributed by atoms with Gasteiger partial charge in [0.1, 0.15) is 0 Å². The third-order valence-corrected chi connectivity index (χ3v) is 3.96. The molecular weight excluding hydrogens is 338 g/mol. The van der Waals surface area contributed by atoms with Crippen LogP contribution in [0.4, 0.5) is 0 Å². The van der Waals surface area contributed by atoms with E-state index in [-0.39, 0.29) is 30.8 Å². The van der Waals surface area contributed by atoms with Crippen LogP contribution in [0.3, 0.4) is 0 Å². The quantitative estimate of drug-likeness (QED) is 0.624. The summed E-state index contributed by atoms with van der Waals surface area (Å²) < 4.78 is 0. The molecular formula is C19H32ClN3O2. The van der Waals surface area contributed by atoms with Crippen molar-refractivity contribution < 1.29 is 9.59 Å². The number of nitrogens with two attached hydrogens (primary N) is 1. The van der Waals surface area contributed by atoms with Crippen molar-refractivity contribution in [2.75, 3.05) is 13.1 Å². The molecule has 4 N–H and O–H groups in total. The number of carbonyl (C=O) groups excluding carboxylic acids is 2. The summed E-state index contributed by atoms with van der Waals surface area (Å²) in [5, 5.41) is 5.60. The molecule has 0 spiro atoms. The minimum absolute atomic E-state index is 0. The van der Waals surface area contributed by atoms with E-state index >= 15 is 0 Å². The molecule has 0 saturated heterocycles. The van der Waals surface area contributed by atoms with Crippen LogP contribution in [0.2, 0.25) is 0 Å². The first-order valence-electron chi connectivity index (χ1n) is 8.57. The molecule has 1 unspecified atom stereocenters. The van der Waals surface area contributed by atoms with Crippen molar-refractivity contribution in [1.82, 2.24) is 10.6 Å². The monoisotopic (exact) mass is 369 g/mol. The van der Waals surface area contributed by atoms with Gasteiger partial charge in [-0.1, -0.05) is 43.7 Å². The SMILES string of the molecule is Cc1ccc(CCC(=O)NCC(=O)NC(C)(CN)CC(C)C)cc1.Cl. The normalized spacial score (nSPS) is 12.9. The number of benzene rings is 1. The molecule has 5 nitrogen and oxygen atoms in total. The zero-order valence-corrected chi connectivity index (χ0v) is 16.5. The van der Waals surface area contributed by atoms with Crippen LogP contribution in [0.1, 0.15) is 44.7 Å². The van der Waals surface area contributed by atoms with Gasteiger partial charge in [-0.2, -0.15) is 0 Å². The smallest absolute Gasteiger partial charge is 0.239 e. The largest absolute Gasteiger partial charge is 0.348 e. The Morgan fingerprint density at radius 2 is 1.76 bits per heavy atom. The van der Waals surface area contributed by atoms with Crippen LogP contribution < -0.4 is 16.4 Å². The second kappa shape index (κ2) is 11.1. The van der Waals surface area contributed by atoms with E-state index in [1.807, 2.05) is 38.1 Å². The molecule has 0 aliphatic rings. The average Bonchev–Trinajstić information content (AvgIpc) is 2.51. The maximum absolute atomic E-state index is 12.0. The lowest BCUT2D eigenvalue weighted by Crippen LogP contribution is -2.54. The number of halogens is 1. The van der Waals surface area contributed by atoms with Gasteiger partial charge < -0.3 is 16.4 Å². The zero-order valence-electron chi connectivity index (χ0n) is 15.7. The zero-order chi connectivity index (χ0) is 18.2. The van der Waals surface area contributed by atoms with Crippen LogP contribution in [0, 0.1) is 12.8 Å². The van der Waals surface area contributed by atoms with Gasteiger partial charge >= 0.3 is 0 Å². The van der Waals surface area contributed by atoms with Gasteiger partial charge in [-0.3, -0.25) is 9.59 Å². The van der Waals surface area contributed by atoms with Crippen molar-refractivity contribution in [3.63, 3.8) is 0 Å². The number of amides is 2. The Morgan fingerprint density at radius 1 is 1.16 bits per heavy atom. The minimum Gasteiger partial charge on any atom is -0.348 e. The van der Waals surface area contributed by atoms with Gasteiger partial charge in [-0.25, -0.2) is 0 Å². The van der Waals surface area contributed by atoms with E-state index in [0.717, 1.165) is 12.0 Å². The Hall–Kier alpha value is -1.59. The van der Waals surface area contributed by atoms with E-state index in [1.54, 1.807) is 0 Å². The Kier molecular flexibility index (Phi) is 10.4. The van der Waals surface area contributed by atoms with Crippen molar-refractivity contribution >= 4 is 24.2 Å². The van der Waals surface area contributed by atoms with Gasteiger partial charge in [0.05, 0.1) is 6.54 Å². The second-order valence-corrected chi connectivity index (χ2v) is 7.17. The fourth-order valence-electron chi connectivity index (χ4n) is 2.75. The van der Waals surface area contributed by atoms with E-state index in [9.17, 15) is 9.59 Å². The first-order chi connectivity index (χ1) is 11.2. The second-order valence-electron chi connectivity index (χ2n) is 7.17. The lowest BCUT2D eigenvalue weighted by Gasteiger charge is -2.31. The molecule has 1 aromatic carbocycles. The fraction of sp³-hybridized carbons (Fsp3) is 0.579. The van der Waals surface area contributed by atoms with Crippen molar-refractivity contribution in [3.05, 3.63) is 35.4 Å². The molecule has 0 saturated carbocycles. The van der Waals surface area contributed by atoms with Crippen molar-refractivity contribution in [1.29, 1.82) is 0 Å². The summed E-state index contributed by atoms with van der Waals surface area (Å²) in [6.45, 7) is 8.51. The summed E-state index contributed by atoms with van der Waals surface area (Å²) in [5.41, 5.74) is 7.66. The first kappa shape index (κ1) is 23.4. The molecule has 0 aliphatic heterocycles. The summed E-state index contributed by atoms with van der Waals surface area (Å²) in [5.74, 6) is 0.110. The molecule has 1 rings (SSSR count). The fourth-order valence-corrected chi connectivity index (χ4v) is 2.75. The average molecular weight is 370 g/mol. The number of hydrogen-bond donors (Lipinski definition) is 3. The van der Waals surface area contributed by atoms with E-state index in [2.05, 4.69) is 24.5 Å². The lowest BCUT2D eigenvalue weighted by atomic mass is 9.91. The number of carbonyl (C=O) groups is 2. The van der Waals surface area contributed by atoms with Crippen LogP contribution in [0.15, 0.2) is 24.3 Å². The first-order valence-corrected chi connectivity index (χ1v) is 8.57. The van der Waals surface area contributed by atoms with Gasteiger partial charge in [-0.15, -0.1) is 12.4 Å². The Bertz CT molecular complexity index is 546. The van der Waals surface area contributed by atoms with Crippen molar-refractivity contribution in [2.45, 2.75) is 52.5 Å². The summed E-state index contributed by atoms with van der Waals surface area (Å²) in [4.78, 5) is 23.9. The van der Waals surface area contributed by atoms with E-state index in [4.69, 9.17) is 5.73 Å². The van der Waals surface area contributed by atoms with Crippen LogP contribution in [0.5, 0.6) is 0 Å². The molecule has 1 aromatic rings. The molecule has 0 aromatic heterocycles. The number of aryl methyl sites for hydroxylation is 2. The number of nitrogens with one attached hydrogen (secondary N) is 2. The van der Waals surface area contributed by atoms with E-state index in [0.29, 0.717) is 25.3 Å². The van der Waals surface area contributed by atoms with Gasteiger partial charge in [0.2, 0.25) is 11.8 Å². The molecule has 142 valence electrons. The summed E-state index contributed by atoms with van der Waals surface area (Å²) >= 11 is 0. The number of hydrogen-bond acceptors (Lipinski definition) is 3. The Labute approximate surface area is 157 Å². The lowest BCUT2D eigenvalue weighted by molar-refractivity contribution is -0.127. The van der Waals surface area contributed by atoms with Crippen molar-refractivity contribution in [3.8, 4) is 0 Å². The van der Waals surface area contributed by atoms with Crippen LogP contribution in [0.25, 0.3) is 0 Å². The predicted molar refractivity (Wildman–Crippen MR) is 105 cm³/mol. The third-order valence-electron chi connectivity index (χ3n) is 3.96. The van der Waals surface area contributed by atoms with Gasteiger partial charge in [0.15, 0.2) is 0 Å². The van der Waals surface area contributed by atoms with Gasteiger partial charge in [0.25, 0.3) is 0 Å². The van der Waals surface area contributed by atoms with Crippen molar-refractivity contribution in [2.24, 2.45) is 11.7 Å². The highest BCUT2D eigenvalue weighted by atomic mass is 35.5. The molecule has 0 bridgehead atoms. The highest BCUT2D eigenvalue weighted by Crippen LogP contribution is 2.14. The summed E-state index contributed by atoms with van der Waals surface area (Å²) in [6.07, 6.45) is 1.84. The Morgan fingerprint density at radius 3 is 2.28 bits per heavy atom. The summed E-state index contributed by atoms with van der Waals surface area (Å²) in [6, 6.07) is 8.11. The Balaban J connectivity index is 0.00000576. The molecule has 0 fully saturated rings. The standard InChI is InChI=1S/C19H31N3O2.ClH/c1-14(2)11-19(4,13-20)22-18(24)12-21-17(23)10-9-16-7-5-15(3)6-8-16;/h5-8,14H,9-13,20H2,1-4H3,(H,21,23)(H,22,24);1H. The third kappa shape index (κ3) is 9.46. The molecule has 2 amide bonds. The number of rotatable bonds is 9. The molecule has 0 aliphatic carbocycles. The maximum atomic E-state index is 12.0.